The summed E-state index contributed by atoms with van der Waals surface area (Å²) < 4.78 is 10.9. The molecule has 6 nitrogen and oxygen atoms in total. The van der Waals surface area contributed by atoms with E-state index in [1.54, 1.807) is 12.1 Å². The van der Waals surface area contributed by atoms with Gasteiger partial charge in [0.1, 0.15) is 11.5 Å². The van der Waals surface area contributed by atoms with E-state index in [1.165, 1.54) is 0 Å². The van der Waals surface area contributed by atoms with Crippen LogP contribution in [0.2, 0.25) is 0 Å². The van der Waals surface area contributed by atoms with Crippen molar-refractivity contribution >= 4 is 23.2 Å². The van der Waals surface area contributed by atoms with Gasteiger partial charge in [-0.2, -0.15) is 0 Å². The first-order valence-electron chi connectivity index (χ1n) is 10.0. The molecule has 0 saturated carbocycles. The van der Waals surface area contributed by atoms with Crippen molar-refractivity contribution in [3.8, 4) is 11.5 Å². The molecule has 0 unspecified atom stereocenters. The number of aryl methyl sites for hydroxylation is 1. The predicted molar refractivity (Wildman–Crippen MR) is 114 cm³/mol. The molecule has 3 rings (SSSR count). The number of amides is 2. The zero-order valence-electron chi connectivity index (χ0n) is 17.2. The lowest BCUT2D eigenvalue weighted by atomic mass is 9.99. The van der Waals surface area contributed by atoms with Crippen LogP contribution in [0.4, 0.5) is 11.4 Å². The molecule has 2 amide bonds. The Morgan fingerprint density at radius 2 is 1.76 bits per heavy atom. The lowest BCUT2D eigenvalue weighted by Crippen LogP contribution is -2.37. The molecule has 2 aromatic rings. The first-order valence-corrected chi connectivity index (χ1v) is 10.0. The van der Waals surface area contributed by atoms with Crippen LogP contribution in [0.15, 0.2) is 42.5 Å². The summed E-state index contributed by atoms with van der Waals surface area (Å²) in [6.45, 7) is 7.35. The summed E-state index contributed by atoms with van der Waals surface area (Å²) >= 11 is 0. The first kappa shape index (κ1) is 20.7. The molecule has 0 atom stereocenters. The number of carbonyl (C=O) groups is 2. The Balaban J connectivity index is 1.59. The van der Waals surface area contributed by atoms with Crippen LogP contribution in [0.5, 0.6) is 11.5 Å². The number of fused-ring (bicyclic) bond motifs is 1. The molecule has 0 aliphatic carbocycles. The van der Waals surface area contributed by atoms with Gasteiger partial charge in [0.25, 0.3) is 5.91 Å². The van der Waals surface area contributed by atoms with Gasteiger partial charge in [-0.05, 0) is 67.3 Å². The van der Waals surface area contributed by atoms with Crippen molar-refractivity contribution in [3.63, 3.8) is 0 Å². The van der Waals surface area contributed by atoms with Crippen molar-refractivity contribution in [2.24, 2.45) is 5.92 Å². The number of hydrogen-bond donors (Lipinski definition) is 1. The third kappa shape index (κ3) is 5.50. The number of carbonyl (C=O) groups excluding carboxylic acids is 2. The molecule has 0 saturated heterocycles. The summed E-state index contributed by atoms with van der Waals surface area (Å²) in [6, 6.07) is 12.9. The highest BCUT2D eigenvalue weighted by molar-refractivity contribution is 5.97. The van der Waals surface area contributed by atoms with Crippen molar-refractivity contribution in [2.45, 2.75) is 33.6 Å². The number of anilines is 2. The molecule has 6 heteroatoms. The number of rotatable bonds is 8. The minimum absolute atomic E-state index is 0.0803. The highest BCUT2D eigenvalue weighted by Crippen LogP contribution is 2.31. The standard InChI is InChI=1S/C23H28N2O4/c1-4-28-19-7-9-20(10-8-19)29-15-22(26)24-18-6-11-21-17(13-18)5-12-23(27)25(21)14-16(2)3/h6-11,13,16H,4-5,12,14-15H2,1-3H3,(H,24,26). The van der Waals surface area contributed by atoms with Gasteiger partial charge in [-0.15, -0.1) is 0 Å². The zero-order valence-corrected chi connectivity index (χ0v) is 17.2. The van der Waals surface area contributed by atoms with Crippen LogP contribution in [-0.4, -0.2) is 31.6 Å². The largest absolute Gasteiger partial charge is 0.494 e. The Morgan fingerprint density at radius 1 is 1.07 bits per heavy atom. The summed E-state index contributed by atoms with van der Waals surface area (Å²) in [7, 11) is 0. The number of nitrogens with zero attached hydrogens (tertiary/aromatic N) is 1. The molecule has 2 aromatic carbocycles. The molecular weight excluding hydrogens is 368 g/mol. The van der Waals surface area contributed by atoms with Crippen LogP contribution >= 0.6 is 0 Å². The molecule has 0 fully saturated rings. The van der Waals surface area contributed by atoms with Gasteiger partial charge in [0.2, 0.25) is 5.91 Å². The number of nitrogens with one attached hydrogen (secondary N) is 1. The molecular formula is C23H28N2O4. The van der Waals surface area contributed by atoms with E-state index in [-0.39, 0.29) is 18.4 Å². The van der Waals surface area contributed by atoms with Crippen LogP contribution in [-0.2, 0) is 16.0 Å². The first-order chi connectivity index (χ1) is 14.0. The maximum absolute atomic E-state index is 12.3. The fourth-order valence-corrected chi connectivity index (χ4v) is 3.35. The molecule has 0 aromatic heterocycles. The van der Waals surface area contributed by atoms with Gasteiger partial charge in [0.15, 0.2) is 6.61 Å². The monoisotopic (exact) mass is 396 g/mol. The van der Waals surface area contributed by atoms with E-state index in [9.17, 15) is 9.59 Å². The van der Waals surface area contributed by atoms with Crippen LogP contribution in [0.25, 0.3) is 0 Å². The molecule has 0 spiro atoms. The van der Waals surface area contributed by atoms with Crippen LogP contribution in [0.1, 0.15) is 32.8 Å². The Labute approximate surface area is 171 Å². The SMILES string of the molecule is CCOc1ccc(OCC(=O)Nc2ccc3c(c2)CCC(=O)N3CC(C)C)cc1. The van der Waals surface area contributed by atoms with Crippen molar-refractivity contribution in [1.82, 2.24) is 0 Å². The molecule has 1 aliphatic rings. The van der Waals surface area contributed by atoms with Gasteiger partial charge in [-0.25, -0.2) is 0 Å². The van der Waals surface area contributed by atoms with E-state index in [2.05, 4.69) is 19.2 Å². The second-order valence-corrected chi connectivity index (χ2v) is 7.48. The van der Waals surface area contributed by atoms with Crippen molar-refractivity contribution < 1.29 is 19.1 Å². The van der Waals surface area contributed by atoms with Gasteiger partial charge < -0.3 is 19.7 Å². The average Bonchev–Trinajstić information content (AvgIpc) is 2.70. The number of hydrogen-bond acceptors (Lipinski definition) is 4. The summed E-state index contributed by atoms with van der Waals surface area (Å²) in [6.07, 6.45) is 1.19. The second kappa shape index (κ2) is 9.45. The molecule has 1 aliphatic heterocycles. The number of ether oxygens (including phenoxy) is 2. The fraction of sp³-hybridized carbons (Fsp3) is 0.391. The summed E-state index contributed by atoms with van der Waals surface area (Å²) in [4.78, 5) is 26.4. The van der Waals surface area contributed by atoms with E-state index in [4.69, 9.17) is 9.47 Å². The van der Waals surface area contributed by atoms with Crippen molar-refractivity contribution in [2.75, 3.05) is 30.0 Å². The highest BCUT2D eigenvalue weighted by Gasteiger charge is 2.24. The smallest absolute Gasteiger partial charge is 0.262 e. The topological polar surface area (TPSA) is 67.9 Å². The van der Waals surface area contributed by atoms with Crippen LogP contribution in [0.3, 0.4) is 0 Å². The second-order valence-electron chi connectivity index (χ2n) is 7.48. The normalized spacial score (nSPS) is 13.2. The third-order valence-electron chi connectivity index (χ3n) is 4.62. The van der Waals surface area contributed by atoms with Crippen molar-refractivity contribution in [1.29, 1.82) is 0 Å². The zero-order chi connectivity index (χ0) is 20.8. The van der Waals surface area contributed by atoms with E-state index in [1.807, 2.05) is 42.2 Å². The summed E-state index contributed by atoms with van der Waals surface area (Å²) in [5, 5.41) is 2.87. The Kier molecular flexibility index (Phi) is 6.75. The average molecular weight is 396 g/mol. The third-order valence-corrected chi connectivity index (χ3v) is 4.62. The lowest BCUT2D eigenvalue weighted by Gasteiger charge is -2.31. The Hall–Kier alpha value is -3.02. The van der Waals surface area contributed by atoms with Gasteiger partial charge in [-0.3, -0.25) is 9.59 Å². The lowest BCUT2D eigenvalue weighted by molar-refractivity contribution is -0.119. The van der Waals surface area contributed by atoms with Gasteiger partial charge in [0.05, 0.1) is 6.61 Å². The van der Waals surface area contributed by atoms with E-state index < -0.39 is 0 Å². The minimum Gasteiger partial charge on any atom is -0.494 e. The molecule has 1 N–H and O–H groups in total. The summed E-state index contributed by atoms with van der Waals surface area (Å²) in [5.41, 5.74) is 2.73. The maximum atomic E-state index is 12.3. The molecule has 1 heterocycles. The molecule has 29 heavy (non-hydrogen) atoms. The molecule has 0 radical (unpaired) electrons. The van der Waals surface area contributed by atoms with E-state index in [0.29, 0.717) is 43.3 Å². The van der Waals surface area contributed by atoms with E-state index in [0.717, 1.165) is 17.0 Å². The highest BCUT2D eigenvalue weighted by atomic mass is 16.5. The Morgan fingerprint density at radius 3 is 2.41 bits per heavy atom. The maximum Gasteiger partial charge on any atom is 0.262 e. The fourth-order valence-electron chi connectivity index (χ4n) is 3.35. The van der Waals surface area contributed by atoms with Crippen LogP contribution in [0, 0.1) is 5.92 Å². The van der Waals surface area contributed by atoms with Crippen LogP contribution < -0.4 is 19.7 Å². The van der Waals surface area contributed by atoms with Gasteiger partial charge in [-0.1, -0.05) is 13.8 Å². The Bertz CT molecular complexity index is 862. The van der Waals surface area contributed by atoms with Gasteiger partial charge >= 0.3 is 0 Å². The number of benzene rings is 2. The molecule has 154 valence electrons. The predicted octanol–water partition coefficient (Wildman–Crippen LogP) is 4.04. The quantitative estimate of drug-likeness (QED) is 0.731. The summed E-state index contributed by atoms with van der Waals surface area (Å²) in [5.74, 6) is 1.70. The van der Waals surface area contributed by atoms with Crippen molar-refractivity contribution in [3.05, 3.63) is 48.0 Å². The van der Waals surface area contributed by atoms with Gasteiger partial charge in [0, 0.05) is 24.3 Å². The minimum atomic E-state index is -0.232. The molecule has 0 bridgehead atoms. The van der Waals surface area contributed by atoms with E-state index >= 15 is 0 Å².